The first-order valence-electron chi connectivity index (χ1n) is 9.09. The molecular weight excluding hydrogens is 516 g/mol. The molecule has 1 aliphatic rings. The molecule has 1 fully saturated rings. The van der Waals surface area contributed by atoms with Crippen molar-refractivity contribution in [3.63, 3.8) is 0 Å². The van der Waals surface area contributed by atoms with Crippen LogP contribution in [0.1, 0.15) is 38.2 Å². The second kappa shape index (κ2) is 9.90. The van der Waals surface area contributed by atoms with Crippen molar-refractivity contribution < 1.29 is 14.4 Å². The Bertz CT molecular complexity index is 1090. The van der Waals surface area contributed by atoms with E-state index in [1.54, 1.807) is 18.2 Å². The molecular formula is C21H18Br2N4O3. The molecule has 0 unspecified atom stereocenters. The van der Waals surface area contributed by atoms with Gasteiger partial charge in [-0.2, -0.15) is 0 Å². The Morgan fingerprint density at radius 3 is 2.27 bits per heavy atom. The van der Waals surface area contributed by atoms with Crippen LogP contribution in [-0.4, -0.2) is 27.7 Å². The van der Waals surface area contributed by atoms with Crippen molar-refractivity contribution in [2.24, 2.45) is 0 Å². The van der Waals surface area contributed by atoms with E-state index in [0.29, 0.717) is 29.9 Å². The number of alkyl halides is 2. The topological polar surface area (TPSA) is 101 Å². The fourth-order valence-electron chi connectivity index (χ4n) is 2.76. The predicted molar refractivity (Wildman–Crippen MR) is 122 cm³/mol. The lowest BCUT2D eigenvalue weighted by molar-refractivity contribution is -0.124. The van der Waals surface area contributed by atoms with E-state index in [9.17, 15) is 14.4 Å². The Labute approximate surface area is 189 Å². The summed E-state index contributed by atoms with van der Waals surface area (Å²) in [4.78, 5) is 41.4. The van der Waals surface area contributed by atoms with E-state index in [1.165, 1.54) is 0 Å². The molecule has 4 rings (SSSR count). The van der Waals surface area contributed by atoms with Crippen LogP contribution >= 0.6 is 31.9 Å². The molecule has 0 bridgehead atoms. The zero-order valence-corrected chi connectivity index (χ0v) is 19.2. The summed E-state index contributed by atoms with van der Waals surface area (Å²) in [5, 5.41) is 5.91. The van der Waals surface area contributed by atoms with E-state index in [4.69, 9.17) is 0 Å². The van der Waals surface area contributed by atoms with Gasteiger partial charge in [-0.25, -0.2) is 9.97 Å². The summed E-state index contributed by atoms with van der Waals surface area (Å²) in [5.41, 5.74) is 3.12. The van der Waals surface area contributed by atoms with Crippen LogP contribution < -0.4 is 10.6 Å². The monoisotopic (exact) mass is 532 g/mol. The molecule has 9 heteroatoms. The highest BCUT2D eigenvalue weighted by molar-refractivity contribution is 9.24. The van der Waals surface area contributed by atoms with Gasteiger partial charge in [0.05, 0.1) is 5.69 Å². The van der Waals surface area contributed by atoms with Gasteiger partial charge in [-0.15, -0.1) is 0 Å². The smallest absolute Gasteiger partial charge is 0.256 e. The maximum Gasteiger partial charge on any atom is 0.256 e. The first-order chi connectivity index (χ1) is 14.3. The number of hydrogen-bond donors (Lipinski definition) is 2. The predicted octanol–water partition coefficient (Wildman–Crippen LogP) is 4.40. The van der Waals surface area contributed by atoms with Gasteiger partial charge in [-0.3, -0.25) is 19.7 Å². The van der Waals surface area contributed by atoms with Crippen molar-refractivity contribution in [1.29, 1.82) is 0 Å². The van der Waals surface area contributed by atoms with Gasteiger partial charge in [0.25, 0.3) is 5.91 Å². The second-order valence-electron chi connectivity index (χ2n) is 6.52. The zero-order valence-electron chi connectivity index (χ0n) is 16.0. The molecule has 0 radical (unpaired) electrons. The Kier molecular flexibility index (Phi) is 7.28. The maximum atomic E-state index is 12.2. The van der Waals surface area contributed by atoms with Crippen molar-refractivity contribution >= 4 is 66.4 Å². The van der Waals surface area contributed by atoms with Gasteiger partial charge in [0.15, 0.2) is 5.65 Å². The van der Waals surface area contributed by atoms with Gasteiger partial charge in [-0.05, 0) is 42.8 Å². The Balaban J connectivity index is 0.000000310. The van der Waals surface area contributed by atoms with Crippen LogP contribution in [0.4, 0.5) is 5.82 Å². The first kappa shape index (κ1) is 22.0. The molecule has 0 saturated carbocycles. The molecule has 1 aromatic carbocycles. The highest BCUT2D eigenvalue weighted by Crippen LogP contribution is 2.30. The molecule has 1 aliphatic heterocycles. The summed E-state index contributed by atoms with van der Waals surface area (Å²) in [6, 6.07) is 14.8. The number of aromatic nitrogens is 2. The van der Waals surface area contributed by atoms with Crippen LogP contribution in [-0.2, 0) is 9.59 Å². The number of benzene rings is 1. The number of imide groups is 1. The number of nitrogens with zero attached hydrogens (tertiary/aromatic N) is 2. The minimum absolute atomic E-state index is 0.0394. The summed E-state index contributed by atoms with van der Waals surface area (Å²) in [6.07, 6.45) is 0.748. The average molecular weight is 534 g/mol. The van der Waals surface area contributed by atoms with E-state index in [0.717, 1.165) is 16.6 Å². The van der Waals surface area contributed by atoms with Crippen LogP contribution in [0.3, 0.4) is 0 Å². The molecule has 7 nitrogen and oxygen atoms in total. The molecule has 2 N–H and O–H groups in total. The number of amides is 3. The fraction of sp³-hybridized carbons (Fsp3) is 0.190. The lowest BCUT2D eigenvalue weighted by atomic mass is 10.1. The third-order valence-electron chi connectivity index (χ3n) is 4.26. The molecule has 30 heavy (non-hydrogen) atoms. The average Bonchev–Trinajstić information content (AvgIpc) is 3.11. The highest BCUT2D eigenvalue weighted by atomic mass is 79.9. The summed E-state index contributed by atoms with van der Waals surface area (Å²) < 4.78 is -0.0394. The van der Waals surface area contributed by atoms with Crippen LogP contribution in [0.5, 0.6) is 0 Å². The molecule has 1 saturated heterocycles. The lowest BCUT2D eigenvalue weighted by Crippen LogP contribution is -2.18. The van der Waals surface area contributed by atoms with E-state index in [-0.39, 0.29) is 21.5 Å². The van der Waals surface area contributed by atoms with E-state index in [1.807, 2.05) is 37.3 Å². The third-order valence-corrected chi connectivity index (χ3v) is 5.20. The van der Waals surface area contributed by atoms with E-state index < -0.39 is 0 Å². The van der Waals surface area contributed by atoms with Crippen LogP contribution in [0.2, 0.25) is 0 Å². The van der Waals surface area contributed by atoms with Crippen molar-refractivity contribution in [3.05, 3.63) is 65.4 Å². The summed E-state index contributed by atoms with van der Waals surface area (Å²) in [7, 11) is 0. The number of pyridine rings is 2. The lowest BCUT2D eigenvalue weighted by Gasteiger charge is -2.09. The number of halogens is 2. The number of anilines is 1. The van der Waals surface area contributed by atoms with Gasteiger partial charge >= 0.3 is 0 Å². The van der Waals surface area contributed by atoms with Crippen LogP contribution in [0, 0.1) is 6.92 Å². The fourth-order valence-corrected chi connectivity index (χ4v) is 3.23. The molecule has 3 aromatic rings. The molecule has 154 valence electrons. The molecule has 3 amide bonds. The largest absolute Gasteiger partial charge is 0.306 e. The number of carbonyl (C=O) groups excluding carboxylic acids is 3. The number of fused-ring (bicyclic) bond motifs is 1. The SMILES string of the molecule is Cc1cc(C(Br)Br)nc2nc(NC(=O)c3ccccc3)ccc12.O=C1CCC(=O)N1. The van der Waals surface area contributed by atoms with Crippen molar-refractivity contribution in [2.45, 2.75) is 23.5 Å². The zero-order chi connectivity index (χ0) is 21.7. The van der Waals surface area contributed by atoms with Gasteiger partial charge in [-0.1, -0.05) is 50.1 Å². The number of nitrogens with one attached hydrogen (secondary N) is 2. The van der Waals surface area contributed by atoms with Crippen molar-refractivity contribution in [1.82, 2.24) is 15.3 Å². The minimum Gasteiger partial charge on any atom is -0.306 e. The van der Waals surface area contributed by atoms with E-state index >= 15 is 0 Å². The van der Waals surface area contributed by atoms with E-state index in [2.05, 4.69) is 52.5 Å². The maximum absolute atomic E-state index is 12.2. The van der Waals surface area contributed by atoms with Crippen molar-refractivity contribution in [2.75, 3.05) is 5.32 Å². The third kappa shape index (κ3) is 5.70. The highest BCUT2D eigenvalue weighted by Gasteiger charge is 2.15. The van der Waals surface area contributed by atoms with Gasteiger partial charge < -0.3 is 5.32 Å². The molecule has 0 spiro atoms. The molecule has 3 heterocycles. The number of aryl methyl sites for hydroxylation is 1. The van der Waals surface area contributed by atoms with Gasteiger partial charge in [0.1, 0.15) is 9.55 Å². The van der Waals surface area contributed by atoms with Crippen LogP contribution in [0.15, 0.2) is 48.5 Å². The quantitative estimate of drug-likeness (QED) is 0.384. The van der Waals surface area contributed by atoms with Gasteiger partial charge in [0.2, 0.25) is 11.8 Å². The second-order valence-corrected chi connectivity index (χ2v) is 9.58. The summed E-state index contributed by atoms with van der Waals surface area (Å²) in [6.45, 7) is 2.01. The standard InChI is InChI=1S/C17H13Br2N3O.C4H5NO2/c1-10-9-13(15(18)19)20-16-12(10)7-8-14(21-16)22-17(23)11-5-3-2-4-6-11;6-3-1-2-4(7)5-3/h2-9,15H,1H3,(H,20,21,22,23);1-2H2,(H,5,6,7). The first-order valence-corrected chi connectivity index (χ1v) is 10.9. The Hall–Kier alpha value is -2.65. The molecule has 0 aliphatic carbocycles. The minimum atomic E-state index is -0.191. The Morgan fingerprint density at radius 2 is 1.70 bits per heavy atom. The number of rotatable bonds is 3. The Morgan fingerprint density at radius 1 is 1.03 bits per heavy atom. The summed E-state index contributed by atoms with van der Waals surface area (Å²) in [5.74, 6) is -0.00437. The number of hydrogen-bond acceptors (Lipinski definition) is 5. The summed E-state index contributed by atoms with van der Waals surface area (Å²) >= 11 is 6.90. The number of carbonyl (C=O) groups is 3. The van der Waals surface area contributed by atoms with Gasteiger partial charge in [0, 0.05) is 23.8 Å². The van der Waals surface area contributed by atoms with Crippen LogP contribution in [0.25, 0.3) is 11.0 Å². The molecule has 2 aromatic heterocycles. The normalized spacial score (nSPS) is 13.1. The van der Waals surface area contributed by atoms with Crippen molar-refractivity contribution in [3.8, 4) is 0 Å². The molecule has 0 atom stereocenters.